The summed E-state index contributed by atoms with van der Waals surface area (Å²) in [5.41, 5.74) is 0.402. The monoisotopic (exact) mass is 444 g/mol. The third-order valence-electron chi connectivity index (χ3n) is 4.60. The molecule has 1 aliphatic rings. The first-order valence-electron chi connectivity index (χ1n) is 8.80. The van der Waals surface area contributed by atoms with E-state index in [4.69, 9.17) is 32.7 Å². The molecule has 2 aromatic carbocycles. The zero-order valence-electron chi connectivity index (χ0n) is 15.6. The Morgan fingerprint density at radius 2 is 1.68 bits per heavy atom. The van der Waals surface area contributed by atoms with Crippen molar-refractivity contribution in [3.63, 3.8) is 0 Å². The average molecular weight is 445 g/mol. The van der Waals surface area contributed by atoms with Gasteiger partial charge in [0.25, 0.3) is 10.0 Å². The molecule has 2 aromatic rings. The van der Waals surface area contributed by atoms with Crippen LogP contribution in [0.25, 0.3) is 0 Å². The molecule has 3 rings (SSSR count). The molecule has 9 heteroatoms. The van der Waals surface area contributed by atoms with Crippen LogP contribution in [-0.2, 0) is 10.0 Å². The average Bonchev–Trinajstić information content (AvgIpc) is 2.67. The Labute approximate surface area is 175 Å². The Morgan fingerprint density at radius 3 is 2.29 bits per heavy atom. The minimum absolute atomic E-state index is 0.0499. The number of anilines is 1. The molecular weight excluding hydrogens is 423 g/mol. The Hall–Kier alpha value is -1.67. The summed E-state index contributed by atoms with van der Waals surface area (Å²) < 4.78 is 38.9. The first kappa shape index (κ1) is 21.0. The topological polar surface area (TPSA) is 67.9 Å². The van der Waals surface area contributed by atoms with Gasteiger partial charge in [0.05, 0.1) is 12.1 Å². The summed E-state index contributed by atoms with van der Waals surface area (Å²) in [7, 11) is -0.380. The highest BCUT2D eigenvalue weighted by Gasteiger charge is 2.22. The molecule has 0 aromatic heterocycles. The van der Waals surface area contributed by atoms with Crippen LogP contribution in [0.1, 0.15) is 12.8 Å². The summed E-state index contributed by atoms with van der Waals surface area (Å²) in [6.45, 7) is 2.02. The Bertz CT molecular complexity index is 928. The zero-order valence-corrected chi connectivity index (χ0v) is 17.9. The Morgan fingerprint density at radius 1 is 1.04 bits per heavy atom. The van der Waals surface area contributed by atoms with Gasteiger partial charge in [-0.1, -0.05) is 23.2 Å². The molecule has 0 spiro atoms. The van der Waals surface area contributed by atoms with Crippen LogP contribution in [0.2, 0.25) is 10.0 Å². The van der Waals surface area contributed by atoms with Crippen molar-refractivity contribution in [1.82, 2.24) is 4.90 Å². The fourth-order valence-corrected chi connectivity index (χ4v) is 4.89. The van der Waals surface area contributed by atoms with Crippen molar-refractivity contribution in [3.8, 4) is 11.5 Å². The second-order valence-electron chi connectivity index (χ2n) is 6.64. The second-order valence-corrected chi connectivity index (χ2v) is 9.05. The predicted octanol–water partition coefficient (Wildman–Crippen LogP) is 4.28. The van der Waals surface area contributed by atoms with E-state index in [9.17, 15) is 8.42 Å². The molecule has 0 atom stereocenters. The highest BCUT2D eigenvalue weighted by molar-refractivity contribution is 7.92. The normalized spacial score (nSPS) is 16.0. The number of ether oxygens (including phenoxy) is 2. The molecule has 0 unspecified atom stereocenters. The van der Waals surface area contributed by atoms with Crippen molar-refractivity contribution in [1.29, 1.82) is 0 Å². The van der Waals surface area contributed by atoms with E-state index in [2.05, 4.69) is 16.7 Å². The lowest BCUT2D eigenvalue weighted by Crippen LogP contribution is -2.35. The molecule has 1 saturated heterocycles. The number of benzene rings is 2. The SMILES string of the molecule is COc1ccc(S(=O)(=O)Nc2ccc(OC3CCN(C)CC3)cc2)c(Cl)c1Cl. The van der Waals surface area contributed by atoms with Gasteiger partial charge in [0.1, 0.15) is 27.5 Å². The van der Waals surface area contributed by atoms with Gasteiger partial charge in [-0.15, -0.1) is 0 Å². The number of rotatable bonds is 6. The highest BCUT2D eigenvalue weighted by atomic mass is 35.5. The van der Waals surface area contributed by atoms with Crippen LogP contribution < -0.4 is 14.2 Å². The van der Waals surface area contributed by atoms with Crippen LogP contribution in [-0.4, -0.2) is 46.7 Å². The van der Waals surface area contributed by atoms with Gasteiger partial charge in [-0.25, -0.2) is 8.42 Å². The Balaban J connectivity index is 1.70. The van der Waals surface area contributed by atoms with Crippen LogP contribution in [0.3, 0.4) is 0 Å². The van der Waals surface area contributed by atoms with E-state index in [1.54, 1.807) is 24.3 Å². The summed E-state index contributed by atoms with van der Waals surface area (Å²) in [6.07, 6.45) is 2.13. The maximum absolute atomic E-state index is 12.7. The summed E-state index contributed by atoms with van der Waals surface area (Å²) >= 11 is 12.2. The fraction of sp³-hybridized carbons (Fsp3) is 0.368. The lowest BCUT2D eigenvalue weighted by Gasteiger charge is -2.29. The van der Waals surface area contributed by atoms with Crippen molar-refractivity contribution >= 4 is 38.9 Å². The van der Waals surface area contributed by atoms with Crippen LogP contribution in [0.15, 0.2) is 41.3 Å². The third-order valence-corrected chi connectivity index (χ3v) is 7.00. The van der Waals surface area contributed by atoms with E-state index in [1.807, 2.05) is 0 Å². The van der Waals surface area contributed by atoms with Crippen LogP contribution in [0.4, 0.5) is 5.69 Å². The summed E-state index contributed by atoms with van der Waals surface area (Å²) in [5.74, 6) is 1.02. The molecule has 1 N–H and O–H groups in total. The number of sulfonamides is 1. The van der Waals surface area contributed by atoms with Crippen molar-refractivity contribution in [2.75, 3.05) is 32.0 Å². The van der Waals surface area contributed by atoms with Crippen LogP contribution in [0, 0.1) is 0 Å². The molecule has 0 radical (unpaired) electrons. The molecule has 1 fully saturated rings. The molecule has 1 aliphatic heterocycles. The lowest BCUT2D eigenvalue weighted by atomic mass is 10.1. The number of methoxy groups -OCH3 is 1. The number of nitrogens with one attached hydrogen (secondary N) is 1. The number of halogens is 2. The van der Waals surface area contributed by atoms with Gasteiger partial charge in [0.2, 0.25) is 0 Å². The maximum Gasteiger partial charge on any atom is 0.263 e. The number of nitrogens with zero attached hydrogens (tertiary/aromatic N) is 1. The quantitative estimate of drug-likeness (QED) is 0.719. The summed E-state index contributed by atoms with van der Waals surface area (Å²) in [6, 6.07) is 9.62. The Kier molecular flexibility index (Phi) is 6.60. The molecule has 0 saturated carbocycles. The van der Waals surface area contributed by atoms with Crippen LogP contribution in [0.5, 0.6) is 11.5 Å². The maximum atomic E-state index is 12.7. The van der Waals surface area contributed by atoms with Crippen molar-refractivity contribution in [3.05, 3.63) is 46.4 Å². The largest absolute Gasteiger partial charge is 0.495 e. The van der Waals surface area contributed by atoms with E-state index in [0.717, 1.165) is 25.9 Å². The van der Waals surface area contributed by atoms with E-state index in [0.29, 0.717) is 17.2 Å². The van der Waals surface area contributed by atoms with E-state index < -0.39 is 10.0 Å². The van der Waals surface area contributed by atoms with Crippen molar-refractivity contribution < 1.29 is 17.9 Å². The predicted molar refractivity (Wildman–Crippen MR) is 111 cm³/mol. The van der Waals surface area contributed by atoms with Gasteiger partial charge < -0.3 is 14.4 Å². The molecule has 0 amide bonds. The zero-order chi connectivity index (χ0) is 20.3. The molecule has 28 heavy (non-hydrogen) atoms. The molecule has 0 bridgehead atoms. The third kappa shape index (κ3) is 4.84. The minimum atomic E-state index is -3.91. The van der Waals surface area contributed by atoms with Gasteiger partial charge in [0, 0.05) is 18.8 Å². The molecule has 152 valence electrons. The smallest absolute Gasteiger partial charge is 0.263 e. The van der Waals surface area contributed by atoms with Crippen molar-refractivity contribution in [2.24, 2.45) is 0 Å². The lowest BCUT2D eigenvalue weighted by molar-refractivity contribution is 0.114. The molecule has 1 heterocycles. The van der Waals surface area contributed by atoms with E-state index in [-0.39, 0.29) is 21.0 Å². The summed E-state index contributed by atoms with van der Waals surface area (Å²) in [5, 5.41) is -0.0374. The molecular formula is C19H22Cl2N2O4S. The van der Waals surface area contributed by atoms with Gasteiger partial charge in [-0.05, 0) is 56.3 Å². The number of hydrogen-bond donors (Lipinski definition) is 1. The van der Waals surface area contributed by atoms with Crippen molar-refractivity contribution in [2.45, 2.75) is 23.8 Å². The minimum Gasteiger partial charge on any atom is -0.495 e. The van der Waals surface area contributed by atoms with E-state index in [1.165, 1.54) is 19.2 Å². The van der Waals surface area contributed by atoms with Gasteiger partial charge in [-0.2, -0.15) is 0 Å². The first-order chi connectivity index (χ1) is 13.3. The molecule has 0 aliphatic carbocycles. The molecule has 6 nitrogen and oxygen atoms in total. The number of piperidine rings is 1. The summed E-state index contributed by atoms with van der Waals surface area (Å²) in [4.78, 5) is 2.15. The standard InChI is InChI=1S/C19H22Cl2N2O4S/c1-23-11-9-15(10-12-23)27-14-5-3-13(4-6-14)22-28(24,25)17-8-7-16(26-2)18(20)19(17)21/h3-8,15,22H,9-12H2,1-2H3. The number of hydrogen-bond acceptors (Lipinski definition) is 5. The first-order valence-corrected chi connectivity index (χ1v) is 11.0. The van der Waals surface area contributed by atoms with Gasteiger partial charge >= 0.3 is 0 Å². The number of likely N-dealkylation sites (tertiary alicyclic amines) is 1. The van der Waals surface area contributed by atoms with Gasteiger partial charge in [0.15, 0.2) is 0 Å². The second kappa shape index (κ2) is 8.78. The highest BCUT2D eigenvalue weighted by Crippen LogP contribution is 2.37. The fourth-order valence-electron chi connectivity index (χ4n) is 2.99. The van der Waals surface area contributed by atoms with Gasteiger partial charge in [-0.3, -0.25) is 4.72 Å². The van der Waals surface area contributed by atoms with Crippen LogP contribution >= 0.6 is 23.2 Å². The van der Waals surface area contributed by atoms with E-state index >= 15 is 0 Å².